The average Bonchev–Trinajstić information content (AvgIpc) is 2.04. The van der Waals surface area contributed by atoms with Crippen molar-refractivity contribution >= 4 is 27.7 Å². The first-order valence-electron chi connectivity index (χ1n) is 3.45. The quantitative estimate of drug-likeness (QED) is 0.399. The highest BCUT2D eigenvalue weighted by atomic mass is 79.9. The predicted molar refractivity (Wildman–Crippen MR) is 46.2 cm³/mol. The Hall–Kier alpha value is -0.420. The molecule has 0 heterocycles. The molecule has 4 nitrogen and oxygen atoms in total. The summed E-state index contributed by atoms with van der Waals surface area (Å²) < 4.78 is 9.17. The summed E-state index contributed by atoms with van der Waals surface area (Å²) in [6, 6.07) is 0. The Labute approximate surface area is 79.3 Å². The smallest absolute Gasteiger partial charge is 0.327 e. The monoisotopic (exact) mass is 238 g/mol. The van der Waals surface area contributed by atoms with Crippen molar-refractivity contribution < 1.29 is 19.1 Å². The third kappa shape index (κ3) is 3.82. The average molecular weight is 239 g/mol. The van der Waals surface area contributed by atoms with Gasteiger partial charge in [0.2, 0.25) is 0 Å². The van der Waals surface area contributed by atoms with E-state index in [4.69, 9.17) is 0 Å². The number of halogens is 1. The van der Waals surface area contributed by atoms with Gasteiger partial charge in [-0.25, -0.2) is 0 Å². The molecule has 0 fully saturated rings. The van der Waals surface area contributed by atoms with Crippen molar-refractivity contribution in [1.82, 2.24) is 0 Å². The molecule has 0 saturated carbocycles. The molecule has 0 N–H and O–H groups in total. The number of carbonyl (C=O) groups is 2. The molecule has 1 atom stereocenters. The Balaban J connectivity index is 3.91. The molecule has 0 aromatic carbocycles. The second-order valence-corrected chi connectivity index (χ2v) is 2.93. The van der Waals surface area contributed by atoms with Crippen LogP contribution in [0.15, 0.2) is 0 Å². The molecule has 0 aliphatic heterocycles. The van der Waals surface area contributed by atoms with Crippen LogP contribution in [0.4, 0.5) is 0 Å². The fourth-order valence-electron chi connectivity index (χ4n) is 0.562. The summed E-state index contributed by atoms with van der Waals surface area (Å²) in [7, 11) is 1.39. The Morgan fingerprint density at radius 3 is 2.50 bits per heavy atom. The topological polar surface area (TPSA) is 52.6 Å². The van der Waals surface area contributed by atoms with Crippen LogP contribution in [0.3, 0.4) is 0 Å². The van der Waals surface area contributed by atoms with Crippen LogP contribution >= 0.6 is 15.9 Å². The maximum absolute atomic E-state index is 11.0. The zero-order valence-electron chi connectivity index (χ0n) is 7.00. The lowest BCUT2D eigenvalue weighted by Gasteiger charge is -2.06. The van der Waals surface area contributed by atoms with Gasteiger partial charge < -0.3 is 9.47 Å². The molecule has 0 amide bonds. The molecule has 0 spiro atoms. The van der Waals surface area contributed by atoms with Crippen molar-refractivity contribution in [1.29, 1.82) is 0 Å². The molecule has 0 bridgehead atoms. The van der Waals surface area contributed by atoms with Gasteiger partial charge in [0, 0.05) is 7.11 Å². The third-order valence-corrected chi connectivity index (χ3v) is 1.95. The van der Waals surface area contributed by atoms with Crippen molar-refractivity contribution in [3.05, 3.63) is 0 Å². The number of esters is 1. The van der Waals surface area contributed by atoms with E-state index in [2.05, 4.69) is 25.4 Å². The second-order valence-electron chi connectivity index (χ2n) is 2.01. The molecule has 0 radical (unpaired) electrons. The van der Waals surface area contributed by atoms with Gasteiger partial charge in [0.1, 0.15) is 6.61 Å². The molecule has 0 aromatic rings. The molecule has 5 heteroatoms. The number of Topliss-reactive ketones (excluding diaryl/α,β-unsaturated/α-hetero) is 1. The third-order valence-electron chi connectivity index (χ3n) is 1.06. The fourth-order valence-corrected chi connectivity index (χ4v) is 0.827. The predicted octanol–water partition coefficient (Wildman–Crippen LogP) is 0.528. The van der Waals surface area contributed by atoms with Crippen LogP contribution < -0.4 is 0 Å². The van der Waals surface area contributed by atoms with Crippen molar-refractivity contribution in [2.75, 3.05) is 20.3 Å². The summed E-state index contributed by atoms with van der Waals surface area (Å²) in [5.41, 5.74) is 0. The lowest BCUT2D eigenvalue weighted by Crippen LogP contribution is -2.29. The van der Waals surface area contributed by atoms with Crippen LogP contribution in [0.25, 0.3) is 0 Å². The van der Waals surface area contributed by atoms with E-state index in [0.29, 0.717) is 0 Å². The first kappa shape index (κ1) is 11.6. The van der Waals surface area contributed by atoms with Crippen LogP contribution in [-0.2, 0) is 19.1 Å². The van der Waals surface area contributed by atoms with Crippen molar-refractivity contribution in [3.8, 4) is 0 Å². The Kier molecular flexibility index (Phi) is 5.92. The van der Waals surface area contributed by atoms with E-state index < -0.39 is 10.8 Å². The number of alkyl halides is 1. The highest BCUT2D eigenvalue weighted by Crippen LogP contribution is 2.03. The molecular weight excluding hydrogens is 228 g/mol. The molecular formula is C7H11BrO4. The maximum Gasteiger partial charge on any atom is 0.327 e. The molecule has 0 aromatic heterocycles. The van der Waals surface area contributed by atoms with Gasteiger partial charge in [0.25, 0.3) is 0 Å². The lowest BCUT2D eigenvalue weighted by atomic mass is 10.3. The van der Waals surface area contributed by atoms with Crippen LogP contribution in [0.5, 0.6) is 0 Å². The molecule has 12 heavy (non-hydrogen) atoms. The lowest BCUT2D eigenvalue weighted by molar-refractivity contribution is -0.145. The Bertz CT molecular complexity index is 151. The van der Waals surface area contributed by atoms with Gasteiger partial charge in [-0.05, 0) is 6.92 Å². The first-order chi connectivity index (χ1) is 5.63. The van der Waals surface area contributed by atoms with Crippen LogP contribution in [0, 0.1) is 0 Å². The zero-order valence-corrected chi connectivity index (χ0v) is 8.59. The Morgan fingerprint density at radius 2 is 2.08 bits per heavy atom. The highest BCUT2D eigenvalue weighted by molar-refractivity contribution is 9.10. The summed E-state index contributed by atoms with van der Waals surface area (Å²) >= 11 is 2.91. The zero-order chi connectivity index (χ0) is 9.56. The first-order valence-corrected chi connectivity index (χ1v) is 4.37. The minimum absolute atomic E-state index is 0.0886. The number of methoxy groups -OCH3 is 1. The normalized spacial score (nSPS) is 12.2. The number of carbonyl (C=O) groups excluding carboxylic acids is 2. The number of rotatable bonds is 5. The van der Waals surface area contributed by atoms with Crippen LogP contribution in [-0.4, -0.2) is 36.9 Å². The summed E-state index contributed by atoms with van der Waals surface area (Å²) in [5, 5.41) is 0. The van der Waals surface area contributed by atoms with Crippen LogP contribution in [0.1, 0.15) is 6.92 Å². The van der Waals surface area contributed by atoms with E-state index in [1.54, 1.807) is 6.92 Å². The number of ketones is 1. The number of hydrogen-bond donors (Lipinski definition) is 0. The summed E-state index contributed by atoms with van der Waals surface area (Å²) in [4.78, 5) is 21.0. The van der Waals surface area contributed by atoms with E-state index >= 15 is 0 Å². The Morgan fingerprint density at radius 1 is 1.50 bits per heavy atom. The molecule has 70 valence electrons. The summed E-state index contributed by atoms with van der Waals surface area (Å²) in [5.74, 6) is -0.907. The molecule has 0 rings (SSSR count). The minimum atomic E-state index is -0.905. The fraction of sp³-hybridized carbons (Fsp3) is 0.714. The van der Waals surface area contributed by atoms with Crippen molar-refractivity contribution in [3.63, 3.8) is 0 Å². The standard InChI is InChI=1S/C7H11BrO4/c1-3-12-7(10)6(8)5(9)4-11-2/h6H,3-4H2,1-2H3. The maximum atomic E-state index is 11.0. The SMILES string of the molecule is CCOC(=O)C(Br)C(=O)COC. The van der Waals surface area contributed by atoms with E-state index in [0.717, 1.165) is 0 Å². The largest absolute Gasteiger partial charge is 0.465 e. The number of hydrogen-bond acceptors (Lipinski definition) is 4. The molecule has 0 aliphatic carbocycles. The molecule has 0 aliphatic rings. The van der Waals surface area contributed by atoms with E-state index in [-0.39, 0.29) is 19.0 Å². The molecule has 0 saturated heterocycles. The van der Waals surface area contributed by atoms with Gasteiger partial charge >= 0.3 is 5.97 Å². The van der Waals surface area contributed by atoms with Crippen molar-refractivity contribution in [2.45, 2.75) is 11.8 Å². The minimum Gasteiger partial charge on any atom is -0.465 e. The molecule has 1 unspecified atom stereocenters. The van der Waals surface area contributed by atoms with Gasteiger partial charge in [-0.3, -0.25) is 9.59 Å². The van der Waals surface area contributed by atoms with Gasteiger partial charge in [0.15, 0.2) is 10.6 Å². The van der Waals surface area contributed by atoms with Gasteiger partial charge in [0.05, 0.1) is 6.61 Å². The summed E-state index contributed by atoms with van der Waals surface area (Å²) in [6.07, 6.45) is 0. The van der Waals surface area contributed by atoms with E-state index in [1.807, 2.05) is 0 Å². The van der Waals surface area contributed by atoms with Gasteiger partial charge in [-0.2, -0.15) is 0 Å². The second kappa shape index (κ2) is 6.14. The van der Waals surface area contributed by atoms with E-state index in [1.165, 1.54) is 7.11 Å². The van der Waals surface area contributed by atoms with Gasteiger partial charge in [-0.15, -0.1) is 0 Å². The highest BCUT2D eigenvalue weighted by Gasteiger charge is 2.23. The summed E-state index contributed by atoms with van der Waals surface area (Å²) in [6.45, 7) is 1.86. The van der Waals surface area contributed by atoms with Crippen LogP contribution in [0.2, 0.25) is 0 Å². The number of ether oxygens (including phenoxy) is 2. The van der Waals surface area contributed by atoms with Gasteiger partial charge in [-0.1, -0.05) is 15.9 Å². The van der Waals surface area contributed by atoms with Crippen molar-refractivity contribution in [2.24, 2.45) is 0 Å². The van der Waals surface area contributed by atoms with E-state index in [9.17, 15) is 9.59 Å².